The van der Waals surface area contributed by atoms with Gasteiger partial charge in [-0.1, -0.05) is 0 Å². The molecule has 0 heterocycles. The van der Waals surface area contributed by atoms with Gasteiger partial charge in [-0.3, -0.25) is 0 Å². The fourth-order valence-electron chi connectivity index (χ4n) is 0.164. The van der Waals surface area contributed by atoms with Crippen molar-refractivity contribution < 1.29 is 34.3 Å². The summed E-state index contributed by atoms with van der Waals surface area (Å²) in [4.78, 5) is 0. The Bertz CT molecular complexity index is 204. The van der Waals surface area contributed by atoms with Crippen molar-refractivity contribution >= 4 is 21.3 Å². The molecular formula is F7O2PSe. The number of hydrogen-bond acceptors (Lipinski definition) is 2. The molecule has 0 aromatic rings. The van der Waals surface area contributed by atoms with Crippen LogP contribution in [0.3, 0.4) is 0 Å². The molecule has 0 atom stereocenters. The zero-order valence-electron chi connectivity index (χ0n) is 4.32. The van der Waals surface area contributed by atoms with Gasteiger partial charge < -0.3 is 0 Å². The first kappa shape index (κ1) is 11.2. The first-order valence-electron chi connectivity index (χ1n) is 1.64. The fraction of sp³-hybridized carbons (Fsp3) is 0. The van der Waals surface area contributed by atoms with Crippen molar-refractivity contribution in [1.29, 1.82) is 0 Å². The van der Waals surface area contributed by atoms with Gasteiger partial charge in [0.25, 0.3) is 0 Å². The van der Waals surface area contributed by atoms with E-state index in [1.165, 1.54) is 0 Å². The Morgan fingerprint density at radius 2 is 1.27 bits per heavy atom. The third-order valence-corrected chi connectivity index (χ3v) is 3.55. The molecule has 2 nitrogen and oxygen atoms in total. The minimum absolute atomic E-state index is 1.06. The van der Waals surface area contributed by atoms with Gasteiger partial charge in [0.05, 0.1) is 0 Å². The summed E-state index contributed by atoms with van der Waals surface area (Å²) in [6.45, 7) is 0. The second kappa shape index (κ2) is 1.76. The van der Waals surface area contributed by atoms with E-state index in [1.54, 1.807) is 0 Å². The van der Waals surface area contributed by atoms with Gasteiger partial charge in [-0.25, -0.2) is 0 Å². The summed E-state index contributed by atoms with van der Waals surface area (Å²) in [6, 6.07) is 0. The number of rotatable bonds is 2. The Balaban J connectivity index is 4.81. The van der Waals surface area contributed by atoms with Gasteiger partial charge in [-0.2, -0.15) is 0 Å². The van der Waals surface area contributed by atoms with Crippen LogP contribution in [0.1, 0.15) is 0 Å². The second-order valence-corrected chi connectivity index (χ2v) is 7.07. The molecule has 0 N–H and O–H groups in total. The summed E-state index contributed by atoms with van der Waals surface area (Å²) in [7, 11) is -7.22. The monoisotopic (exact) mass is 276 g/mol. The fourth-order valence-corrected chi connectivity index (χ4v) is 2.56. The van der Waals surface area contributed by atoms with Crippen LogP contribution in [-0.4, -0.2) is 13.3 Å². The van der Waals surface area contributed by atoms with Crippen LogP contribution in [0.25, 0.3) is 0 Å². The summed E-state index contributed by atoms with van der Waals surface area (Å²) in [5.74, 6) is 0. The molecule has 0 aromatic carbocycles. The zero-order valence-corrected chi connectivity index (χ0v) is 6.93. The summed E-state index contributed by atoms with van der Waals surface area (Å²) in [5.41, 5.74) is 0. The third kappa shape index (κ3) is 10.2. The van der Waals surface area contributed by atoms with Crippen LogP contribution < -0.4 is 0 Å². The average Bonchev–Trinajstić information content (AvgIpc) is 1.05. The van der Waals surface area contributed by atoms with Crippen molar-refractivity contribution in [3.8, 4) is 0 Å². The SMILES string of the molecule is O=P(F)(F)O[Se](F)(F)(F)(F)F. The van der Waals surface area contributed by atoms with Gasteiger partial charge in [0.15, 0.2) is 0 Å². The van der Waals surface area contributed by atoms with E-state index in [0.29, 0.717) is 0 Å². The zero-order chi connectivity index (χ0) is 9.62. The van der Waals surface area contributed by atoms with E-state index in [-0.39, 0.29) is 0 Å². The van der Waals surface area contributed by atoms with Crippen LogP contribution in [0.5, 0.6) is 0 Å². The molecule has 0 saturated heterocycles. The molecule has 0 spiro atoms. The third-order valence-electron chi connectivity index (χ3n) is 0.228. The van der Waals surface area contributed by atoms with Crippen molar-refractivity contribution in [2.75, 3.05) is 0 Å². The van der Waals surface area contributed by atoms with E-state index < -0.39 is 21.3 Å². The number of hydrogen-bond donors (Lipinski definition) is 0. The first-order chi connectivity index (χ1) is 4.18. The Labute approximate surface area is 56.6 Å². The van der Waals surface area contributed by atoms with Crippen LogP contribution in [-0.2, 0) is 8.17 Å². The summed E-state index contributed by atoms with van der Waals surface area (Å²) >= 11 is -11.2. The summed E-state index contributed by atoms with van der Waals surface area (Å²) in [6.07, 6.45) is 0. The van der Waals surface area contributed by atoms with Gasteiger partial charge >= 0.3 is 55.6 Å². The molecule has 72 valence electrons. The van der Waals surface area contributed by atoms with E-state index in [2.05, 4.69) is 0 Å². The van der Waals surface area contributed by atoms with Crippen molar-refractivity contribution in [2.24, 2.45) is 0 Å². The molecule has 0 aliphatic carbocycles. The molecule has 0 radical (unpaired) electrons. The second-order valence-electron chi connectivity index (χ2n) is 1.39. The van der Waals surface area contributed by atoms with Gasteiger partial charge in [0.1, 0.15) is 0 Å². The molecule has 0 fully saturated rings. The van der Waals surface area contributed by atoms with E-state index in [4.69, 9.17) is 4.57 Å². The van der Waals surface area contributed by atoms with Crippen molar-refractivity contribution in [3.63, 3.8) is 0 Å². The van der Waals surface area contributed by atoms with Gasteiger partial charge in [0.2, 0.25) is 0 Å². The van der Waals surface area contributed by atoms with E-state index in [1.807, 2.05) is 0 Å². The maximum atomic E-state index is 10.9. The van der Waals surface area contributed by atoms with Gasteiger partial charge in [-0.05, 0) is 0 Å². The van der Waals surface area contributed by atoms with Crippen LogP contribution in [0.15, 0.2) is 0 Å². The van der Waals surface area contributed by atoms with Crippen LogP contribution in [0.4, 0.5) is 26.2 Å². The quantitative estimate of drug-likeness (QED) is 0.439. The van der Waals surface area contributed by atoms with E-state index in [9.17, 15) is 26.2 Å². The molecule has 0 aromatic heterocycles. The molecule has 0 amide bonds. The predicted octanol–water partition coefficient (Wildman–Crippen LogP) is 3.23. The Morgan fingerprint density at radius 1 is 1.00 bits per heavy atom. The van der Waals surface area contributed by atoms with Gasteiger partial charge in [0, 0.05) is 0 Å². The number of halogens is 7. The molecular weight excluding hydrogens is 275 g/mol. The van der Waals surface area contributed by atoms with E-state index >= 15 is 0 Å². The first-order valence-corrected chi connectivity index (χ1v) is 6.98. The summed E-state index contributed by atoms with van der Waals surface area (Å²) < 4.78 is 86.2. The molecule has 0 rings (SSSR count). The average molecular weight is 275 g/mol. The van der Waals surface area contributed by atoms with Crippen LogP contribution >= 0.6 is 7.99 Å². The normalized spacial score (nSPS) is 20.6. The topological polar surface area (TPSA) is 26.3 Å². The van der Waals surface area contributed by atoms with Crippen LogP contribution in [0, 0.1) is 0 Å². The standard InChI is InChI=1S/F7O2PSe/c1-10(2,8)9-11(3,4,5,6)7. The molecule has 11 heteroatoms. The van der Waals surface area contributed by atoms with Crippen molar-refractivity contribution in [2.45, 2.75) is 0 Å². The molecule has 0 aliphatic heterocycles. The Hall–Kier alpha value is 0.219. The molecule has 0 unspecified atom stereocenters. The van der Waals surface area contributed by atoms with Crippen LogP contribution in [0.2, 0.25) is 0 Å². The molecule has 0 aliphatic rings. The van der Waals surface area contributed by atoms with Crippen molar-refractivity contribution in [3.05, 3.63) is 0 Å². The van der Waals surface area contributed by atoms with Crippen molar-refractivity contribution in [1.82, 2.24) is 0 Å². The van der Waals surface area contributed by atoms with E-state index in [0.717, 1.165) is 3.61 Å². The molecule has 0 saturated carbocycles. The maximum absolute atomic E-state index is 11.2. The predicted molar refractivity (Wildman–Crippen MR) is 22.2 cm³/mol. The minimum atomic E-state index is -11.2. The Morgan fingerprint density at radius 3 is 1.27 bits per heavy atom. The summed E-state index contributed by atoms with van der Waals surface area (Å²) in [5, 5.41) is 0. The molecule has 0 bridgehead atoms. The Kier molecular flexibility index (Phi) is 1.79. The van der Waals surface area contributed by atoms with Gasteiger partial charge in [-0.15, -0.1) is 0 Å². The molecule has 11 heavy (non-hydrogen) atoms.